The maximum atomic E-state index is 13.0. The first-order valence-electron chi connectivity index (χ1n) is 3.89. The minimum absolute atomic E-state index is 0.325. The van der Waals surface area contributed by atoms with Gasteiger partial charge in [0.15, 0.2) is 5.17 Å². The van der Waals surface area contributed by atoms with Crippen LogP contribution >= 0.6 is 11.8 Å². The predicted molar refractivity (Wildman–Crippen MR) is 59.1 cm³/mol. The van der Waals surface area contributed by atoms with Gasteiger partial charge in [-0.15, -0.1) is 5.10 Å². The normalized spacial score (nSPS) is 12.3. The number of hydrogen-bond acceptors (Lipinski definition) is 3. The molecule has 0 aliphatic rings. The summed E-state index contributed by atoms with van der Waals surface area (Å²) in [6.07, 6.45) is 3.12. The summed E-state index contributed by atoms with van der Waals surface area (Å²) < 4.78 is 13.0. The van der Waals surface area contributed by atoms with Gasteiger partial charge in [-0.25, -0.2) is 4.39 Å². The molecule has 0 radical (unpaired) electrons. The van der Waals surface area contributed by atoms with E-state index in [1.807, 2.05) is 0 Å². The van der Waals surface area contributed by atoms with Crippen molar-refractivity contribution in [3.05, 3.63) is 35.6 Å². The van der Waals surface area contributed by atoms with E-state index in [4.69, 9.17) is 5.73 Å². The zero-order valence-corrected chi connectivity index (χ0v) is 8.46. The first-order valence-corrected chi connectivity index (χ1v) is 5.11. The zero-order chi connectivity index (χ0) is 10.4. The van der Waals surface area contributed by atoms with Crippen LogP contribution in [0.1, 0.15) is 5.56 Å². The van der Waals surface area contributed by atoms with Crippen LogP contribution in [0, 0.1) is 5.82 Å². The Morgan fingerprint density at radius 3 is 2.86 bits per heavy atom. The summed E-state index contributed by atoms with van der Waals surface area (Å²) in [5.74, 6) is -0.325. The molecule has 0 bridgehead atoms. The van der Waals surface area contributed by atoms with E-state index in [1.54, 1.807) is 24.5 Å². The highest BCUT2D eigenvalue weighted by Gasteiger charge is 1.94. The molecule has 1 aromatic carbocycles. The lowest BCUT2D eigenvalue weighted by Crippen LogP contribution is -2.04. The predicted octanol–water partition coefficient (Wildman–Crippen LogP) is 1.84. The first-order chi connectivity index (χ1) is 6.74. The summed E-state index contributed by atoms with van der Waals surface area (Å²) in [7, 11) is 0. The van der Waals surface area contributed by atoms with E-state index in [9.17, 15) is 4.39 Å². The second-order valence-corrected chi connectivity index (χ2v) is 3.23. The number of hydrogen-bond donors (Lipinski definition) is 1. The molecule has 1 aromatic rings. The van der Waals surface area contributed by atoms with E-state index in [1.165, 1.54) is 24.0 Å². The molecule has 14 heavy (non-hydrogen) atoms. The van der Waals surface area contributed by atoms with Crippen molar-refractivity contribution in [2.75, 3.05) is 6.26 Å². The molecule has 5 heteroatoms. The van der Waals surface area contributed by atoms with Gasteiger partial charge in [0.25, 0.3) is 0 Å². The number of benzene rings is 1. The number of nitrogens with two attached hydrogens (primary N) is 1. The van der Waals surface area contributed by atoms with Gasteiger partial charge in [0.2, 0.25) is 0 Å². The maximum absolute atomic E-state index is 13.0. The Labute approximate surface area is 85.9 Å². The van der Waals surface area contributed by atoms with Crippen LogP contribution < -0.4 is 5.73 Å². The van der Waals surface area contributed by atoms with Crippen molar-refractivity contribution in [2.45, 2.75) is 0 Å². The number of nitrogens with zero attached hydrogens (tertiary/aromatic N) is 2. The standard InChI is InChI=1S/C9H10FN3S/c1-14-9(11)13-12-6-7-4-2-3-5-8(7)10/h2-6H,1H3,(H2,11,13)/b12-6-. The third kappa shape index (κ3) is 3.18. The molecule has 0 heterocycles. The molecule has 0 saturated heterocycles. The Kier molecular flexibility index (Phi) is 4.12. The third-order valence-corrected chi connectivity index (χ3v) is 1.97. The summed E-state index contributed by atoms with van der Waals surface area (Å²) in [6.45, 7) is 0. The van der Waals surface area contributed by atoms with Crippen molar-refractivity contribution in [2.24, 2.45) is 15.9 Å². The minimum Gasteiger partial charge on any atom is -0.377 e. The maximum Gasteiger partial charge on any atom is 0.180 e. The van der Waals surface area contributed by atoms with E-state index >= 15 is 0 Å². The van der Waals surface area contributed by atoms with E-state index in [0.29, 0.717) is 10.7 Å². The lowest BCUT2D eigenvalue weighted by atomic mass is 10.2. The van der Waals surface area contributed by atoms with E-state index in [2.05, 4.69) is 10.2 Å². The fourth-order valence-corrected chi connectivity index (χ4v) is 0.897. The Balaban J connectivity index is 2.74. The Hall–Kier alpha value is -1.36. The molecular weight excluding hydrogens is 201 g/mol. The Morgan fingerprint density at radius 2 is 2.21 bits per heavy atom. The van der Waals surface area contributed by atoms with Gasteiger partial charge < -0.3 is 5.73 Å². The molecule has 0 fully saturated rings. The molecule has 0 atom stereocenters. The highest BCUT2D eigenvalue weighted by Crippen LogP contribution is 2.03. The molecule has 0 saturated carbocycles. The average Bonchev–Trinajstić information content (AvgIpc) is 2.20. The first kappa shape index (κ1) is 10.7. The molecule has 0 unspecified atom stereocenters. The third-order valence-electron chi connectivity index (χ3n) is 1.47. The van der Waals surface area contributed by atoms with Crippen LogP contribution in [0.25, 0.3) is 0 Å². The van der Waals surface area contributed by atoms with Crippen molar-refractivity contribution < 1.29 is 4.39 Å². The largest absolute Gasteiger partial charge is 0.377 e. The van der Waals surface area contributed by atoms with E-state index in [0.717, 1.165) is 0 Å². The molecular formula is C9H10FN3S. The summed E-state index contributed by atoms with van der Waals surface area (Å²) in [5.41, 5.74) is 5.77. The van der Waals surface area contributed by atoms with Crippen molar-refractivity contribution >= 4 is 23.1 Å². The summed E-state index contributed by atoms with van der Waals surface area (Å²) >= 11 is 1.28. The van der Waals surface area contributed by atoms with Crippen LogP contribution in [0.5, 0.6) is 0 Å². The molecule has 74 valence electrons. The van der Waals surface area contributed by atoms with E-state index < -0.39 is 0 Å². The monoisotopic (exact) mass is 211 g/mol. The number of amidine groups is 1. The fourth-order valence-electron chi connectivity index (χ4n) is 0.769. The SMILES string of the molecule is CS/C(N)=N/N=C\c1ccccc1F. The second-order valence-electron chi connectivity index (χ2n) is 2.41. The van der Waals surface area contributed by atoms with Crippen LogP contribution in [-0.4, -0.2) is 17.6 Å². The van der Waals surface area contributed by atoms with Crippen molar-refractivity contribution in [3.63, 3.8) is 0 Å². The van der Waals surface area contributed by atoms with Crippen LogP contribution in [0.3, 0.4) is 0 Å². The number of halogens is 1. The van der Waals surface area contributed by atoms with Crippen molar-refractivity contribution in [3.8, 4) is 0 Å². The summed E-state index contributed by atoms with van der Waals surface area (Å²) in [4.78, 5) is 0. The molecule has 0 aromatic heterocycles. The van der Waals surface area contributed by atoms with Crippen LogP contribution in [0.15, 0.2) is 34.5 Å². The number of thioether (sulfide) groups is 1. The lowest BCUT2D eigenvalue weighted by Gasteiger charge is -1.92. The molecule has 0 aliphatic carbocycles. The number of rotatable bonds is 2. The Bertz CT molecular complexity index is 363. The van der Waals surface area contributed by atoms with Gasteiger partial charge in [-0.3, -0.25) is 0 Å². The molecule has 0 aliphatic heterocycles. The van der Waals surface area contributed by atoms with Gasteiger partial charge >= 0.3 is 0 Å². The van der Waals surface area contributed by atoms with Gasteiger partial charge in [-0.1, -0.05) is 30.0 Å². The molecule has 3 nitrogen and oxygen atoms in total. The lowest BCUT2D eigenvalue weighted by molar-refractivity contribution is 0.626. The van der Waals surface area contributed by atoms with Gasteiger partial charge in [-0.2, -0.15) is 5.10 Å². The highest BCUT2D eigenvalue weighted by atomic mass is 32.2. The Morgan fingerprint density at radius 1 is 1.50 bits per heavy atom. The van der Waals surface area contributed by atoms with Crippen LogP contribution in [0.2, 0.25) is 0 Å². The van der Waals surface area contributed by atoms with Gasteiger partial charge in [-0.05, 0) is 12.3 Å². The summed E-state index contributed by atoms with van der Waals surface area (Å²) in [6, 6.07) is 6.32. The zero-order valence-electron chi connectivity index (χ0n) is 7.64. The summed E-state index contributed by atoms with van der Waals surface area (Å²) in [5, 5.41) is 7.63. The van der Waals surface area contributed by atoms with Gasteiger partial charge in [0.1, 0.15) is 5.82 Å². The molecule has 2 N–H and O–H groups in total. The van der Waals surface area contributed by atoms with Gasteiger partial charge in [0, 0.05) is 5.56 Å². The smallest absolute Gasteiger partial charge is 0.180 e. The second kappa shape index (κ2) is 5.39. The molecule has 0 amide bonds. The van der Waals surface area contributed by atoms with Crippen LogP contribution in [0.4, 0.5) is 4.39 Å². The molecule has 0 spiro atoms. The topological polar surface area (TPSA) is 50.7 Å². The highest BCUT2D eigenvalue weighted by molar-refractivity contribution is 8.13. The van der Waals surface area contributed by atoms with Crippen molar-refractivity contribution in [1.29, 1.82) is 0 Å². The minimum atomic E-state index is -0.325. The van der Waals surface area contributed by atoms with Crippen LogP contribution in [-0.2, 0) is 0 Å². The molecule has 1 rings (SSSR count). The van der Waals surface area contributed by atoms with Gasteiger partial charge in [0.05, 0.1) is 6.21 Å². The fraction of sp³-hybridized carbons (Fsp3) is 0.111. The van der Waals surface area contributed by atoms with Crippen molar-refractivity contribution in [1.82, 2.24) is 0 Å². The average molecular weight is 211 g/mol. The quantitative estimate of drug-likeness (QED) is 0.461. The van der Waals surface area contributed by atoms with E-state index in [-0.39, 0.29) is 5.82 Å².